The molecular formula is C16H24ClNO2. The van der Waals surface area contributed by atoms with E-state index in [1.165, 1.54) is 12.8 Å². The summed E-state index contributed by atoms with van der Waals surface area (Å²) in [6.07, 6.45) is 4.95. The van der Waals surface area contributed by atoms with Crippen LogP contribution in [0.15, 0.2) is 18.2 Å². The van der Waals surface area contributed by atoms with E-state index in [0.717, 1.165) is 55.5 Å². The van der Waals surface area contributed by atoms with E-state index in [-0.39, 0.29) is 0 Å². The van der Waals surface area contributed by atoms with Gasteiger partial charge in [0, 0.05) is 23.7 Å². The number of benzene rings is 1. The highest BCUT2D eigenvalue weighted by atomic mass is 35.5. The minimum atomic E-state index is 0.444. The molecule has 0 radical (unpaired) electrons. The molecule has 1 saturated heterocycles. The lowest BCUT2D eigenvalue weighted by atomic mass is 10.1. The summed E-state index contributed by atoms with van der Waals surface area (Å²) in [6, 6.07) is 5.84. The summed E-state index contributed by atoms with van der Waals surface area (Å²) in [4.78, 5) is 0. The summed E-state index contributed by atoms with van der Waals surface area (Å²) in [5.74, 6) is 0.894. The van der Waals surface area contributed by atoms with Crippen molar-refractivity contribution in [2.75, 3.05) is 19.8 Å². The van der Waals surface area contributed by atoms with Crippen LogP contribution in [0.5, 0.6) is 5.75 Å². The van der Waals surface area contributed by atoms with Gasteiger partial charge in [0.05, 0.1) is 12.7 Å². The first-order valence-electron chi connectivity index (χ1n) is 7.53. The maximum Gasteiger partial charge on any atom is 0.125 e. The van der Waals surface area contributed by atoms with Crippen LogP contribution in [-0.2, 0) is 11.3 Å². The van der Waals surface area contributed by atoms with Crippen LogP contribution >= 0.6 is 11.6 Å². The first-order chi connectivity index (χ1) is 9.81. The van der Waals surface area contributed by atoms with Crippen molar-refractivity contribution in [3.63, 3.8) is 0 Å². The predicted octanol–water partition coefficient (Wildman–Crippen LogP) is 3.79. The van der Waals surface area contributed by atoms with E-state index in [4.69, 9.17) is 21.1 Å². The monoisotopic (exact) mass is 297 g/mol. The molecular weight excluding hydrogens is 274 g/mol. The van der Waals surface area contributed by atoms with Gasteiger partial charge in [-0.25, -0.2) is 0 Å². The third-order valence-electron chi connectivity index (χ3n) is 3.58. The predicted molar refractivity (Wildman–Crippen MR) is 82.5 cm³/mol. The van der Waals surface area contributed by atoms with Gasteiger partial charge in [-0.3, -0.25) is 0 Å². The number of rotatable bonds is 8. The van der Waals surface area contributed by atoms with Crippen molar-refractivity contribution in [2.45, 2.75) is 45.3 Å². The quantitative estimate of drug-likeness (QED) is 0.741. The molecule has 1 unspecified atom stereocenters. The molecule has 112 valence electrons. The Morgan fingerprint density at radius 2 is 2.35 bits per heavy atom. The lowest BCUT2D eigenvalue weighted by Gasteiger charge is -2.14. The van der Waals surface area contributed by atoms with E-state index in [1.807, 2.05) is 18.2 Å². The Bertz CT molecular complexity index is 405. The number of nitrogens with one attached hydrogen (secondary N) is 1. The molecule has 1 atom stereocenters. The van der Waals surface area contributed by atoms with Gasteiger partial charge in [0.25, 0.3) is 0 Å². The van der Waals surface area contributed by atoms with Crippen molar-refractivity contribution < 1.29 is 9.47 Å². The van der Waals surface area contributed by atoms with E-state index in [1.54, 1.807) is 0 Å². The molecule has 1 N–H and O–H groups in total. The van der Waals surface area contributed by atoms with Crippen molar-refractivity contribution in [1.82, 2.24) is 5.32 Å². The summed E-state index contributed by atoms with van der Waals surface area (Å²) >= 11 is 6.24. The van der Waals surface area contributed by atoms with E-state index in [2.05, 4.69) is 12.2 Å². The molecule has 1 aromatic rings. The van der Waals surface area contributed by atoms with Crippen molar-refractivity contribution >= 4 is 11.6 Å². The highest BCUT2D eigenvalue weighted by Crippen LogP contribution is 2.26. The van der Waals surface area contributed by atoms with Crippen molar-refractivity contribution in [2.24, 2.45) is 0 Å². The molecule has 1 aromatic carbocycles. The maximum atomic E-state index is 6.24. The highest BCUT2D eigenvalue weighted by Gasteiger charge is 2.15. The largest absolute Gasteiger partial charge is 0.493 e. The van der Waals surface area contributed by atoms with Gasteiger partial charge in [-0.1, -0.05) is 24.6 Å². The molecule has 0 amide bonds. The van der Waals surface area contributed by atoms with Crippen molar-refractivity contribution in [3.8, 4) is 5.75 Å². The van der Waals surface area contributed by atoms with Gasteiger partial charge in [0.1, 0.15) is 5.75 Å². The number of hydrogen-bond acceptors (Lipinski definition) is 3. The molecule has 1 fully saturated rings. The second-order valence-corrected chi connectivity index (χ2v) is 5.53. The first-order valence-corrected chi connectivity index (χ1v) is 7.91. The normalized spacial score (nSPS) is 18.4. The van der Waals surface area contributed by atoms with Gasteiger partial charge in [0.2, 0.25) is 0 Å². The third kappa shape index (κ3) is 4.65. The van der Waals surface area contributed by atoms with Crippen LogP contribution in [0.4, 0.5) is 0 Å². The number of halogens is 1. The smallest absolute Gasteiger partial charge is 0.125 e. The molecule has 0 spiro atoms. The van der Waals surface area contributed by atoms with Crippen LogP contribution in [0.2, 0.25) is 5.02 Å². The Morgan fingerprint density at radius 1 is 1.45 bits per heavy atom. The van der Waals surface area contributed by atoms with Gasteiger partial charge in [-0.2, -0.15) is 0 Å². The topological polar surface area (TPSA) is 30.5 Å². The van der Waals surface area contributed by atoms with Crippen molar-refractivity contribution in [1.29, 1.82) is 0 Å². The molecule has 1 heterocycles. The average molecular weight is 298 g/mol. The molecule has 0 saturated carbocycles. The molecule has 0 aromatic heterocycles. The molecule has 1 aliphatic heterocycles. The number of hydrogen-bond donors (Lipinski definition) is 1. The molecule has 1 aliphatic rings. The highest BCUT2D eigenvalue weighted by molar-refractivity contribution is 6.31. The van der Waals surface area contributed by atoms with Gasteiger partial charge >= 0.3 is 0 Å². The molecule has 0 aliphatic carbocycles. The summed E-state index contributed by atoms with van der Waals surface area (Å²) in [7, 11) is 0. The van der Waals surface area contributed by atoms with Crippen LogP contribution in [0.1, 0.15) is 38.2 Å². The van der Waals surface area contributed by atoms with Gasteiger partial charge < -0.3 is 14.8 Å². The minimum absolute atomic E-state index is 0.444. The fourth-order valence-electron chi connectivity index (χ4n) is 2.46. The maximum absolute atomic E-state index is 6.24. The van der Waals surface area contributed by atoms with Crippen molar-refractivity contribution in [3.05, 3.63) is 28.8 Å². The lowest BCUT2D eigenvalue weighted by molar-refractivity contribution is 0.0981. The SMILES string of the molecule is CCNCc1c(Cl)cccc1OCCCC1CCCO1. The zero-order valence-electron chi connectivity index (χ0n) is 12.2. The lowest BCUT2D eigenvalue weighted by Crippen LogP contribution is -2.14. The van der Waals surface area contributed by atoms with E-state index < -0.39 is 0 Å². The molecule has 0 bridgehead atoms. The Hall–Kier alpha value is -0.770. The van der Waals surface area contributed by atoms with Crippen LogP contribution in [0.25, 0.3) is 0 Å². The fourth-order valence-corrected chi connectivity index (χ4v) is 2.69. The molecule has 20 heavy (non-hydrogen) atoms. The average Bonchev–Trinajstić information content (AvgIpc) is 2.96. The molecule has 4 heteroatoms. The molecule has 2 rings (SSSR count). The second-order valence-electron chi connectivity index (χ2n) is 5.12. The zero-order chi connectivity index (χ0) is 14.2. The van der Waals surface area contributed by atoms with Crippen LogP contribution in [0.3, 0.4) is 0 Å². The Balaban J connectivity index is 1.80. The Labute approximate surface area is 126 Å². The summed E-state index contributed by atoms with van der Waals surface area (Å²) < 4.78 is 11.5. The van der Waals surface area contributed by atoms with Gasteiger partial charge in [-0.05, 0) is 44.4 Å². The van der Waals surface area contributed by atoms with Crippen LogP contribution < -0.4 is 10.1 Å². The summed E-state index contributed by atoms with van der Waals surface area (Å²) in [5, 5.41) is 4.06. The number of ether oxygens (including phenoxy) is 2. The minimum Gasteiger partial charge on any atom is -0.493 e. The van der Waals surface area contributed by atoms with E-state index in [0.29, 0.717) is 6.10 Å². The van der Waals surface area contributed by atoms with E-state index in [9.17, 15) is 0 Å². The second kappa shape index (κ2) is 8.50. The Morgan fingerprint density at radius 3 is 3.10 bits per heavy atom. The standard InChI is InChI=1S/C16H24ClNO2/c1-2-18-12-14-15(17)8-3-9-16(14)20-11-5-7-13-6-4-10-19-13/h3,8-9,13,18H,2,4-7,10-12H2,1H3. The summed E-state index contributed by atoms with van der Waals surface area (Å²) in [5.41, 5.74) is 1.05. The fraction of sp³-hybridized carbons (Fsp3) is 0.625. The van der Waals surface area contributed by atoms with E-state index >= 15 is 0 Å². The Kier molecular flexibility index (Phi) is 6.64. The van der Waals surface area contributed by atoms with Gasteiger partial charge in [-0.15, -0.1) is 0 Å². The summed E-state index contributed by atoms with van der Waals surface area (Å²) in [6.45, 7) is 5.39. The third-order valence-corrected chi connectivity index (χ3v) is 3.93. The first kappa shape index (κ1) is 15.6. The zero-order valence-corrected chi connectivity index (χ0v) is 12.9. The molecule has 3 nitrogen and oxygen atoms in total. The van der Waals surface area contributed by atoms with Gasteiger partial charge in [0.15, 0.2) is 0 Å². The van der Waals surface area contributed by atoms with Crippen LogP contribution in [0, 0.1) is 0 Å². The van der Waals surface area contributed by atoms with Crippen LogP contribution in [-0.4, -0.2) is 25.9 Å².